The van der Waals surface area contributed by atoms with Gasteiger partial charge >= 0.3 is 12.0 Å². The van der Waals surface area contributed by atoms with Crippen molar-refractivity contribution in [1.82, 2.24) is 20.2 Å². The molecule has 13 nitrogen and oxygen atoms in total. The van der Waals surface area contributed by atoms with Crippen molar-refractivity contribution in [3.63, 3.8) is 0 Å². The number of nitrogens with zero attached hydrogens (tertiary/aromatic N) is 3. The fraction of sp³-hybridized carbons (Fsp3) is 0.333. The Hall–Kier alpha value is -4.33. The fourth-order valence-electron chi connectivity index (χ4n) is 4.60. The molecule has 3 atom stereocenters. The molecule has 38 heavy (non-hydrogen) atoms. The number of H-pyrrole nitrogens is 1. The lowest BCUT2D eigenvalue weighted by Crippen LogP contribution is -2.71. The van der Waals surface area contributed by atoms with E-state index in [-0.39, 0.29) is 28.6 Å². The van der Waals surface area contributed by atoms with Crippen LogP contribution in [0.3, 0.4) is 0 Å². The van der Waals surface area contributed by atoms with Crippen molar-refractivity contribution in [2.24, 2.45) is 5.73 Å². The van der Waals surface area contributed by atoms with Gasteiger partial charge in [-0.25, -0.2) is 14.6 Å². The number of aromatic hydroxyl groups is 1. The number of benzene rings is 1. The molecule has 1 saturated heterocycles. The Morgan fingerprint density at radius 3 is 2.50 bits per heavy atom. The highest BCUT2D eigenvalue weighted by atomic mass is 32.2. The zero-order valence-electron chi connectivity index (χ0n) is 20.1. The molecule has 5 rings (SSSR count). The molecule has 0 bridgehead atoms. The quantitative estimate of drug-likeness (QED) is 0.314. The number of thioether (sulfide) groups is 1. The lowest BCUT2D eigenvalue weighted by molar-refractivity contribution is -0.150. The second kappa shape index (κ2) is 9.52. The number of phenolic OH excluding ortho intramolecular Hbond substituents is 1. The predicted octanol–water partition coefficient (Wildman–Crippen LogP) is 0.738. The van der Waals surface area contributed by atoms with Crippen LogP contribution in [-0.2, 0) is 14.4 Å². The number of β-lactam (4-membered cyclic amide) rings is 1. The van der Waals surface area contributed by atoms with Gasteiger partial charge in [-0.1, -0.05) is 12.1 Å². The number of aromatic amines is 1. The molecule has 0 radical (unpaired) electrons. The number of fused-ring (bicyclic) bond motifs is 1. The number of rotatable bonds is 7. The van der Waals surface area contributed by atoms with Gasteiger partial charge in [0, 0.05) is 11.7 Å². The van der Waals surface area contributed by atoms with Crippen molar-refractivity contribution < 1.29 is 29.4 Å². The van der Waals surface area contributed by atoms with E-state index in [2.05, 4.69) is 15.3 Å². The van der Waals surface area contributed by atoms with E-state index in [1.54, 1.807) is 6.92 Å². The summed E-state index contributed by atoms with van der Waals surface area (Å²) in [5, 5.41) is 21.2. The highest BCUT2D eigenvalue weighted by molar-refractivity contribution is 8.00. The third-order valence-corrected chi connectivity index (χ3v) is 8.06. The molecule has 2 fully saturated rings. The second-order valence-electron chi connectivity index (χ2n) is 9.29. The number of carbonyl (C=O) groups excluding carboxylic acids is 3. The number of aliphatic carboxylic acids is 1. The average Bonchev–Trinajstić information content (AvgIpc) is 3.72. The summed E-state index contributed by atoms with van der Waals surface area (Å²) in [7, 11) is 0. The lowest BCUT2D eigenvalue weighted by atomic mass is 10.00. The third kappa shape index (κ3) is 4.36. The van der Waals surface area contributed by atoms with E-state index < -0.39 is 46.8 Å². The minimum absolute atomic E-state index is 0.0985. The van der Waals surface area contributed by atoms with Crippen molar-refractivity contribution in [3.05, 3.63) is 63.5 Å². The number of carboxylic acids is 1. The number of hydrogen-bond acceptors (Lipinski definition) is 8. The summed E-state index contributed by atoms with van der Waals surface area (Å²) in [6, 6.07) is 1.67. The van der Waals surface area contributed by atoms with E-state index in [0.717, 1.165) is 22.6 Å². The van der Waals surface area contributed by atoms with Crippen LogP contribution in [0.25, 0.3) is 0 Å². The summed E-state index contributed by atoms with van der Waals surface area (Å²) < 4.78 is 0. The largest absolute Gasteiger partial charge is 0.508 e. The molecule has 3 aliphatic rings. The molecule has 6 N–H and O–H groups in total. The van der Waals surface area contributed by atoms with Gasteiger partial charge in [-0.05, 0) is 43.0 Å². The van der Waals surface area contributed by atoms with Crippen LogP contribution in [0.4, 0.5) is 10.5 Å². The zero-order chi connectivity index (χ0) is 27.3. The molecule has 2 aromatic rings. The highest BCUT2D eigenvalue weighted by Gasteiger charge is 2.54. The number of primary amides is 1. The van der Waals surface area contributed by atoms with E-state index in [4.69, 9.17) is 5.73 Å². The number of nitrogens with two attached hydrogens (primary N) is 1. The van der Waals surface area contributed by atoms with Crippen LogP contribution in [-0.4, -0.2) is 66.1 Å². The number of amides is 4. The van der Waals surface area contributed by atoms with Crippen LogP contribution in [0.5, 0.6) is 5.75 Å². The average molecular weight is 541 g/mol. The monoisotopic (exact) mass is 540 g/mol. The Morgan fingerprint density at radius 2 is 1.92 bits per heavy atom. The van der Waals surface area contributed by atoms with Crippen molar-refractivity contribution >= 4 is 41.3 Å². The van der Waals surface area contributed by atoms with E-state index in [1.165, 1.54) is 42.2 Å². The maximum absolute atomic E-state index is 13.7. The van der Waals surface area contributed by atoms with Gasteiger partial charge in [-0.3, -0.25) is 24.2 Å². The molecular formula is C24H24N6O7S. The van der Waals surface area contributed by atoms with Crippen molar-refractivity contribution in [1.29, 1.82) is 0 Å². The molecule has 1 aromatic carbocycles. The van der Waals surface area contributed by atoms with Crippen LogP contribution >= 0.6 is 11.8 Å². The summed E-state index contributed by atoms with van der Waals surface area (Å²) in [6.07, 6.45) is 2.94. The van der Waals surface area contributed by atoms with Gasteiger partial charge in [-0.15, -0.1) is 11.8 Å². The van der Waals surface area contributed by atoms with E-state index in [9.17, 15) is 34.2 Å². The highest BCUT2D eigenvalue weighted by Crippen LogP contribution is 2.41. The number of carboxylic acid groups (broad SMARTS) is 1. The number of anilines is 1. The molecule has 14 heteroatoms. The van der Waals surface area contributed by atoms with Crippen LogP contribution in [0, 0.1) is 0 Å². The molecule has 1 saturated carbocycles. The standard InChI is InChI=1S/C24H24N6O7S/c1-10-9-38-22-15(21(34)30(22)16(10)23(35)36)27-20(33)17(11-4-6-13(31)7-5-11)29(24(25)37)14-8-26-18(12-2-3-12)28-19(14)32/h4-8,12,15,17,22,31H,2-3,9H2,1H3,(H2,25,37)(H,27,33)(H,35,36)(H,26,28,32)/t15?,17?,22-/m0/s1. The number of carbonyl (C=O) groups is 4. The van der Waals surface area contributed by atoms with Gasteiger partial charge in [-0.2, -0.15) is 0 Å². The van der Waals surface area contributed by atoms with E-state index in [0.29, 0.717) is 17.2 Å². The molecule has 3 heterocycles. The SMILES string of the molecule is CC1=C(C(=O)O)N2C(=O)C(NC(=O)C(c3ccc(O)cc3)N(C(N)=O)c3cnc(C4CC4)[nH]c3=O)[C@@H]2SC1. The Labute approximate surface area is 219 Å². The maximum Gasteiger partial charge on any atom is 0.352 e. The zero-order valence-corrected chi connectivity index (χ0v) is 20.9. The normalized spacial score (nSPS) is 21.3. The smallest absolute Gasteiger partial charge is 0.352 e. The van der Waals surface area contributed by atoms with Gasteiger partial charge in [0.25, 0.3) is 11.5 Å². The van der Waals surface area contributed by atoms with Crippen molar-refractivity contribution in [2.75, 3.05) is 10.7 Å². The first kappa shape index (κ1) is 25.3. The molecule has 2 unspecified atom stereocenters. The lowest BCUT2D eigenvalue weighted by Gasteiger charge is -2.49. The van der Waals surface area contributed by atoms with Crippen LogP contribution in [0.1, 0.15) is 43.1 Å². The van der Waals surface area contributed by atoms with Crippen LogP contribution in [0.2, 0.25) is 0 Å². The number of aromatic nitrogens is 2. The van der Waals surface area contributed by atoms with Crippen LogP contribution in [0.15, 0.2) is 46.5 Å². The van der Waals surface area contributed by atoms with Gasteiger partial charge < -0.3 is 26.2 Å². The molecule has 198 valence electrons. The van der Waals surface area contributed by atoms with Gasteiger partial charge in [0.2, 0.25) is 5.91 Å². The van der Waals surface area contributed by atoms with Crippen molar-refractivity contribution in [3.8, 4) is 5.75 Å². The van der Waals surface area contributed by atoms with Crippen molar-refractivity contribution in [2.45, 2.75) is 43.1 Å². The molecule has 2 aliphatic heterocycles. The maximum atomic E-state index is 13.7. The minimum Gasteiger partial charge on any atom is -0.508 e. The minimum atomic E-state index is -1.51. The third-order valence-electron chi connectivity index (χ3n) is 6.64. The number of phenols is 1. The Kier molecular flexibility index (Phi) is 6.34. The van der Waals surface area contributed by atoms with E-state index in [1.807, 2.05) is 0 Å². The summed E-state index contributed by atoms with van der Waals surface area (Å²) >= 11 is 1.30. The second-order valence-corrected chi connectivity index (χ2v) is 10.4. The topological polar surface area (TPSA) is 199 Å². The van der Waals surface area contributed by atoms with Crippen LogP contribution < -0.4 is 21.5 Å². The Bertz CT molecular complexity index is 1430. The summed E-state index contributed by atoms with van der Waals surface area (Å²) in [6.45, 7) is 1.62. The summed E-state index contributed by atoms with van der Waals surface area (Å²) in [5.74, 6) is -1.83. The molecule has 0 spiro atoms. The molecule has 4 amide bonds. The molecule has 1 aliphatic carbocycles. The first-order valence-corrected chi connectivity index (χ1v) is 12.8. The van der Waals surface area contributed by atoms with Gasteiger partial charge in [0.15, 0.2) is 0 Å². The number of nitrogens with one attached hydrogen (secondary N) is 2. The summed E-state index contributed by atoms with van der Waals surface area (Å²) in [5.41, 5.74) is 5.33. The first-order valence-electron chi connectivity index (χ1n) is 11.7. The fourth-order valence-corrected chi connectivity index (χ4v) is 5.90. The van der Waals surface area contributed by atoms with E-state index >= 15 is 0 Å². The number of hydrogen-bond donors (Lipinski definition) is 5. The molecule has 1 aromatic heterocycles. The molecular weight excluding hydrogens is 516 g/mol. The first-order chi connectivity index (χ1) is 18.1. The van der Waals surface area contributed by atoms with Gasteiger partial charge in [0.05, 0.1) is 6.20 Å². The predicted molar refractivity (Wildman–Crippen MR) is 135 cm³/mol. The Balaban J connectivity index is 1.49. The van der Waals surface area contributed by atoms with Gasteiger partial charge in [0.1, 0.15) is 40.4 Å². The summed E-state index contributed by atoms with van der Waals surface area (Å²) in [4.78, 5) is 72.7. The number of urea groups is 1. The Morgan fingerprint density at radius 1 is 1.24 bits per heavy atom.